The van der Waals surface area contributed by atoms with E-state index in [0.29, 0.717) is 0 Å². The first-order valence-electron chi connectivity index (χ1n) is 4.91. The van der Waals surface area contributed by atoms with Gasteiger partial charge in [0.05, 0.1) is 17.1 Å². The Kier molecular flexibility index (Phi) is 2.25. The molecule has 0 amide bonds. The summed E-state index contributed by atoms with van der Waals surface area (Å²) < 4.78 is 2.07. The Balaban J connectivity index is 2.62. The van der Waals surface area contributed by atoms with Gasteiger partial charge in [0.1, 0.15) is 5.82 Å². The first-order chi connectivity index (χ1) is 6.74. The molecule has 1 aromatic heterocycles. The molecule has 3 heteroatoms. The molecule has 2 aromatic rings. The number of benzene rings is 1. The number of para-hydroxylation sites is 2. The van der Waals surface area contributed by atoms with Crippen LogP contribution in [0.5, 0.6) is 0 Å². The lowest BCUT2D eigenvalue weighted by atomic mass is 10.2. The molecule has 2 N–H and O–H groups in total. The van der Waals surface area contributed by atoms with Crippen LogP contribution in [0.4, 0.5) is 0 Å². The van der Waals surface area contributed by atoms with E-state index in [4.69, 9.17) is 5.73 Å². The maximum Gasteiger partial charge on any atom is 0.126 e. The van der Waals surface area contributed by atoms with Crippen LogP contribution < -0.4 is 5.73 Å². The maximum absolute atomic E-state index is 5.98. The summed E-state index contributed by atoms with van der Waals surface area (Å²) in [6, 6.07) is 8.13. The van der Waals surface area contributed by atoms with E-state index in [-0.39, 0.29) is 6.04 Å². The van der Waals surface area contributed by atoms with Crippen LogP contribution in [0.1, 0.15) is 25.2 Å². The van der Waals surface area contributed by atoms with Gasteiger partial charge in [-0.05, 0) is 18.6 Å². The second-order valence-electron chi connectivity index (χ2n) is 3.53. The average Bonchev–Trinajstić information content (AvgIpc) is 2.56. The quantitative estimate of drug-likeness (QED) is 0.785. The molecule has 0 saturated heterocycles. The fraction of sp³-hybridized carbons (Fsp3) is 0.364. The molecule has 0 bridgehead atoms. The predicted octanol–water partition coefficient (Wildman–Crippen LogP) is 1.98. The lowest BCUT2D eigenvalue weighted by molar-refractivity contribution is 0.623. The Labute approximate surface area is 83.6 Å². The lowest BCUT2D eigenvalue weighted by Crippen LogP contribution is -2.13. The molecule has 0 radical (unpaired) electrons. The summed E-state index contributed by atoms with van der Waals surface area (Å²) in [5.74, 6) is 0.966. The zero-order valence-electron chi connectivity index (χ0n) is 8.57. The lowest BCUT2D eigenvalue weighted by Gasteiger charge is -2.07. The van der Waals surface area contributed by atoms with Gasteiger partial charge in [-0.15, -0.1) is 0 Å². The minimum absolute atomic E-state index is 0.0346. The first-order valence-corrected chi connectivity index (χ1v) is 4.91. The Morgan fingerprint density at radius 3 is 2.79 bits per heavy atom. The molecule has 0 spiro atoms. The van der Waals surface area contributed by atoms with Crippen LogP contribution in [0, 0.1) is 0 Å². The van der Waals surface area contributed by atoms with E-state index in [9.17, 15) is 0 Å². The van der Waals surface area contributed by atoms with Crippen molar-refractivity contribution in [2.75, 3.05) is 0 Å². The van der Waals surface area contributed by atoms with Crippen LogP contribution in [0.2, 0.25) is 0 Å². The summed E-state index contributed by atoms with van der Waals surface area (Å²) in [6.07, 6.45) is 0.914. The Hall–Kier alpha value is -1.35. The molecular weight excluding hydrogens is 174 g/mol. The van der Waals surface area contributed by atoms with Crippen molar-refractivity contribution in [3.05, 3.63) is 30.1 Å². The number of aromatic nitrogens is 2. The third-order valence-electron chi connectivity index (χ3n) is 2.59. The van der Waals surface area contributed by atoms with Gasteiger partial charge >= 0.3 is 0 Å². The predicted molar refractivity (Wildman–Crippen MR) is 57.9 cm³/mol. The summed E-state index contributed by atoms with van der Waals surface area (Å²) in [7, 11) is 2.01. The number of hydrogen-bond donors (Lipinski definition) is 1. The van der Waals surface area contributed by atoms with E-state index >= 15 is 0 Å². The van der Waals surface area contributed by atoms with E-state index in [0.717, 1.165) is 23.3 Å². The van der Waals surface area contributed by atoms with Gasteiger partial charge in [0.2, 0.25) is 0 Å². The third-order valence-corrected chi connectivity index (χ3v) is 2.59. The Morgan fingerprint density at radius 2 is 2.14 bits per heavy atom. The topological polar surface area (TPSA) is 43.8 Å². The molecule has 1 heterocycles. The second kappa shape index (κ2) is 3.42. The van der Waals surface area contributed by atoms with Crippen LogP contribution in [-0.4, -0.2) is 9.55 Å². The molecule has 0 fully saturated rings. The smallest absolute Gasteiger partial charge is 0.126 e. The van der Waals surface area contributed by atoms with Gasteiger partial charge in [0, 0.05) is 7.05 Å². The normalized spacial score (nSPS) is 13.4. The number of hydrogen-bond acceptors (Lipinski definition) is 2. The molecule has 1 unspecified atom stereocenters. The van der Waals surface area contributed by atoms with Crippen molar-refractivity contribution >= 4 is 11.0 Å². The Morgan fingerprint density at radius 1 is 1.43 bits per heavy atom. The highest BCUT2D eigenvalue weighted by atomic mass is 15.1. The van der Waals surface area contributed by atoms with E-state index in [1.54, 1.807) is 0 Å². The van der Waals surface area contributed by atoms with Gasteiger partial charge in [-0.1, -0.05) is 19.1 Å². The average molecular weight is 189 g/mol. The number of fused-ring (bicyclic) bond motifs is 1. The molecule has 3 nitrogen and oxygen atoms in total. The van der Waals surface area contributed by atoms with Crippen LogP contribution in [0.15, 0.2) is 24.3 Å². The number of aryl methyl sites for hydroxylation is 1. The maximum atomic E-state index is 5.98. The highest BCUT2D eigenvalue weighted by Gasteiger charge is 2.12. The molecule has 1 aromatic carbocycles. The summed E-state index contributed by atoms with van der Waals surface area (Å²) in [4.78, 5) is 4.52. The summed E-state index contributed by atoms with van der Waals surface area (Å²) in [6.45, 7) is 2.07. The number of rotatable bonds is 2. The number of imidazole rings is 1. The molecule has 74 valence electrons. The van der Waals surface area contributed by atoms with Crippen molar-refractivity contribution in [1.29, 1.82) is 0 Å². The summed E-state index contributed by atoms with van der Waals surface area (Å²) >= 11 is 0. The van der Waals surface area contributed by atoms with Gasteiger partial charge in [-0.2, -0.15) is 0 Å². The van der Waals surface area contributed by atoms with Crippen LogP contribution in [0.3, 0.4) is 0 Å². The van der Waals surface area contributed by atoms with E-state index in [2.05, 4.69) is 22.5 Å². The van der Waals surface area contributed by atoms with Gasteiger partial charge in [-0.3, -0.25) is 0 Å². The minimum Gasteiger partial charge on any atom is -0.330 e. The Bertz CT molecular complexity index is 445. The largest absolute Gasteiger partial charge is 0.330 e. The van der Waals surface area contributed by atoms with Gasteiger partial charge < -0.3 is 10.3 Å². The fourth-order valence-corrected chi connectivity index (χ4v) is 1.68. The second-order valence-corrected chi connectivity index (χ2v) is 3.53. The zero-order chi connectivity index (χ0) is 10.1. The van der Waals surface area contributed by atoms with Crippen LogP contribution in [-0.2, 0) is 7.05 Å². The van der Waals surface area contributed by atoms with Crippen molar-refractivity contribution in [2.24, 2.45) is 12.8 Å². The zero-order valence-corrected chi connectivity index (χ0v) is 8.57. The van der Waals surface area contributed by atoms with Crippen molar-refractivity contribution in [2.45, 2.75) is 19.4 Å². The van der Waals surface area contributed by atoms with Crippen LogP contribution >= 0.6 is 0 Å². The summed E-state index contributed by atoms with van der Waals surface area (Å²) in [5, 5.41) is 0. The van der Waals surface area contributed by atoms with Crippen LogP contribution in [0.25, 0.3) is 11.0 Å². The van der Waals surface area contributed by atoms with E-state index < -0.39 is 0 Å². The van der Waals surface area contributed by atoms with E-state index in [1.165, 1.54) is 0 Å². The molecule has 2 rings (SSSR count). The molecule has 1 atom stereocenters. The van der Waals surface area contributed by atoms with Gasteiger partial charge in [0.15, 0.2) is 0 Å². The highest BCUT2D eigenvalue weighted by molar-refractivity contribution is 5.75. The SMILES string of the molecule is CCC(N)c1nc2ccccc2n1C. The van der Waals surface area contributed by atoms with Gasteiger partial charge in [-0.25, -0.2) is 4.98 Å². The van der Waals surface area contributed by atoms with Crippen molar-refractivity contribution < 1.29 is 0 Å². The first kappa shape index (κ1) is 9.21. The minimum atomic E-state index is 0.0346. The highest BCUT2D eigenvalue weighted by Crippen LogP contribution is 2.19. The molecule has 0 aliphatic heterocycles. The molecular formula is C11H15N3. The van der Waals surface area contributed by atoms with Gasteiger partial charge in [0.25, 0.3) is 0 Å². The van der Waals surface area contributed by atoms with E-state index in [1.807, 2.05) is 25.2 Å². The molecule has 0 saturated carbocycles. The molecule has 14 heavy (non-hydrogen) atoms. The van der Waals surface area contributed by atoms with Crippen molar-refractivity contribution in [3.63, 3.8) is 0 Å². The standard InChI is InChI=1S/C11H15N3/c1-3-8(12)11-13-9-6-4-5-7-10(9)14(11)2/h4-8H,3,12H2,1-2H3. The molecule has 0 aliphatic carbocycles. The summed E-state index contributed by atoms with van der Waals surface area (Å²) in [5.41, 5.74) is 8.14. The molecule has 0 aliphatic rings. The van der Waals surface area contributed by atoms with Crippen molar-refractivity contribution in [1.82, 2.24) is 9.55 Å². The fourth-order valence-electron chi connectivity index (χ4n) is 1.68. The monoisotopic (exact) mass is 189 g/mol. The number of nitrogens with zero attached hydrogens (tertiary/aromatic N) is 2. The number of nitrogens with two attached hydrogens (primary N) is 1. The van der Waals surface area contributed by atoms with Crippen molar-refractivity contribution in [3.8, 4) is 0 Å². The third kappa shape index (κ3) is 1.30.